The van der Waals surface area contributed by atoms with Crippen molar-refractivity contribution in [3.8, 4) is 0 Å². The van der Waals surface area contributed by atoms with Gasteiger partial charge in [-0.25, -0.2) is 4.79 Å². The maximum absolute atomic E-state index is 13.0. The Kier molecular flexibility index (Phi) is 5.59. The number of amides is 2. The number of aromatic amines is 1. The molecule has 0 unspecified atom stereocenters. The number of rotatable bonds is 5. The molecule has 0 aliphatic carbocycles. The van der Waals surface area contributed by atoms with Gasteiger partial charge in [0.25, 0.3) is 5.56 Å². The van der Waals surface area contributed by atoms with Crippen LogP contribution in [0.2, 0.25) is 5.02 Å². The van der Waals surface area contributed by atoms with E-state index in [0.29, 0.717) is 22.0 Å². The SMILES string of the molecule is Cc1ccc2[nH]c(=O)c(CN(Cc3ccco3)C(=O)Nc3ccccc3Cl)cc2c1. The van der Waals surface area contributed by atoms with Gasteiger partial charge in [0.2, 0.25) is 0 Å². The van der Waals surface area contributed by atoms with Gasteiger partial charge in [-0.05, 0) is 54.8 Å². The zero-order valence-electron chi connectivity index (χ0n) is 16.3. The fraction of sp³-hybridized carbons (Fsp3) is 0.130. The lowest BCUT2D eigenvalue weighted by Gasteiger charge is -2.22. The first-order chi connectivity index (χ1) is 14.5. The molecular formula is C23H20ClN3O3. The largest absolute Gasteiger partial charge is 0.467 e. The minimum atomic E-state index is -0.386. The van der Waals surface area contributed by atoms with E-state index >= 15 is 0 Å². The maximum Gasteiger partial charge on any atom is 0.322 e. The van der Waals surface area contributed by atoms with Crippen LogP contribution in [0, 0.1) is 6.92 Å². The molecule has 152 valence electrons. The smallest absolute Gasteiger partial charge is 0.322 e. The van der Waals surface area contributed by atoms with Gasteiger partial charge >= 0.3 is 6.03 Å². The third-order valence-electron chi connectivity index (χ3n) is 4.77. The Balaban J connectivity index is 1.65. The molecule has 2 aromatic carbocycles. The molecule has 4 aromatic rings. The third kappa shape index (κ3) is 4.39. The highest BCUT2D eigenvalue weighted by Gasteiger charge is 2.19. The zero-order chi connectivity index (χ0) is 21.1. The average Bonchev–Trinajstić information content (AvgIpc) is 3.23. The molecule has 7 heteroatoms. The number of hydrogen-bond acceptors (Lipinski definition) is 3. The van der Waals surface area contributed by atoms with Crippen LogP contribution in [0.4, 0.5) is 10.5 Å². The second-order valence-electron chi connectivity index (χ2n) is 7.06. The van der Waals surface area contributed by atoms with Crippen LogP contribution in [-0.4, -0.2) is 15.9 Å². The van der Waals surface area contributed by atoms with E-state index in [9.17, 15) is 9.59 Å². The Morgan fingerprint density at radius 3 is 2.70 bits per heavy atom. The molecule has 6 nitrogen and oxygen atoms in total. The maximum atomic E-state index is 13.0. The number of anilines is 1. The molecule has 0 radical (unpaired) electrons. The Labute approximate surface area is 178 Å². The van der Waals surface area contributed by atoms with Crippen molar-refractivity contribution in [2.45, 2.75) is 20.0 Å². The van der Waals surface area contributed by atoms with Crippen molar-refractivity contribution < 1.29 is 9.21 Å². The lowest BCUT2D eigenvalue weighted by atomic mass is 10.1. The summed E-state index contributed by atoms with van der Waals surface area (Å²) >= 11 is 6.17. The van der Waals surface area contributed by atoms with Crippen LogP contribution in [0.25, 0.3) is 10.9 Å². The number of nitrogens with zero attached hydrogens (tertiary/aromatic N) is 1. The number of benzene rings is 2. The second-order valence-corrected chi connectivity index (χ2v) is 7.47. The summed E-state index contributed by atoms with van der Waals surface area (Å²) in [6.07, 6.45) is 1.55. The van der Waals surface area contributed by atoms with Gasteiger partial charge < -0.3 is 19.6 Å². The number of aromatic nitrogens is 1. The van der Waals surface area contributed by atoms with Crippen LogP contribution in [0.3, 0.4) is 0 Å². The second kappa shape index (κ2) is 8.47. The molecule has 0 atom stereocenters. The number of carbonyl (C=O) groups is 1. The molecule has 2 amide bonds. The van der Waals surface area contributed by atoms with Crippen molar-refractivity contribution in [2.75, 3.05) is 5.32 Å². The first-order valence-corrected chi connectivity index (χ1v) is 9.83. The summed E-state index contributed by atoms with van der Waals surface area (Å²) in [6, 6.07) is 17.8. The molecule has 0 aliphatic rings. The van der Waals surface area contributed by atoms with Gasteiger partial charge in [-0.3, -0.25) is 4.79 Å². The van der Waals surface area contributed by atoms with Crippen LogP contribution in [0.15, 0.2) is 76.1 Å². The number of furan rings is 1. The molecule has 2 heterocycles. The molecule has 0 fully saturated rings. The Bertz CT molecular complexity index is 1250. The molecule has 4 rings (SSSR count). The number of para-hydroxylation sites is 1. The lowest BCUT2D eigenvalue weighted by molar-refractivity contribution is 0.201. The summed E-state index contributed by atoms with van der Waals surface area (Å²) in [4.78, 5) is 30.1. The molecule has 0 bridgehead atoms. The summed E-state index contributed by atoms with van der Waals surface area (Å²) in [5, 5.41) is 4.15. The number of halogens is 1. The third-order valence-corrected chi connectivity index (χ3v) is 5.10. The standard InChI is InChI=1S/C23H20ClN3O3/c1-15-8-9-20-16(11-15)12-17(22(28)25-20)13-27(14-18-5-4-10-30-18)23(29)26-21-7-3-2-6-19(21)24/h2-12H,13-14H2,1H3,(H,25,28)(H,26,29). The van der Waals surface area contributed by atoms with Gasteiger partial charge in [0, 0.05) is 11.1 Å². The molecule has 0 saturated heterocycles. The molecule has 2 N–H and O–H groups in total. The van der Waals surface area contributed by atoms with Crippen LogP contribution in [-0.2, 0) is 13.1 Å². The van der Waals surface area contributed by atoms with Crippen LogP contribution in [0.5, 0.6) is 0 Å². The Hall–Kier alpha value is -3.51. The number of carbonyl (C=O) groups excluding carboxylic acids is 1. The molecular weight excluding hydrogens is 402 g/mol. The summed E-state index contributed by atoms with van der Waals surface area (Å²) in [6.45, 7) is 2.30. The van der Waals surface area contributed by atoms with E-state index in [4.69, 9.17) is 16.0 Å². The van der Waals surface area contributed by atoms with E-state index in [1.54, 1.807) is 42.7 Å². The van der Waals surface area contributed by atoms with E-state index in [-0.39, 0.29) is 24.7 Å². The predicted octanol–water partition coefficient (Wildman–Crippen LogP) is 5.32. The summed E-state index contributed by atoms with van der Waals surface area (Å²) in [7, 11) is 0. The number of hydrogen-bond donors (Lipinski definition) is 2. The highest BCUT2D eigenvalue weighted by Crippen LogP contribution is 2.22. The quantitative estimate of drug-likeness (QED) is 0.458. The average molecular weight is 422 g/mol. The van der Waals surface area contributed by atoms with Gasteiger partial charge in [-0.2, -0.15) is 0 Å². The number of fused-ring (bicyclic) bond motifs is 1. The zero-order valence-corrected chi connectivity index (χ0v) is 17.1. The van der Waals surface area contributed by atoms with E-state index in [1.165, 1.54) is 4.90 Å². The summed E-state index contributed by atoms with van der Waals surface area (Å²) < 4.78 is 5.41. The van der Waals surface area contributed by atoms with Crippen LogP contribution < -0.4 is 10.9 Å². The summed E-state index contributed by atoms with van der Waals surface area (Å²) in [5.41, 5.74) is 2.59. The van der Waals surface area contributed by atoms with Gasteiger partial charge in [0.1, 0.15) is 5.76 Å². The van der Waals surface area contributed by atoms with Crippen LogP contribution >= 0.6 is 11.6 Å². The minimum absolute atomic E-state index is 0.107. The van der Waals surface area contributed by atoms with Crippen molar-refractivity contribution in [3.05, 3.63) is 99.2 Å². The fourth-order valence-electron chi connectivity index (χ4n) is 3.24. The van der Waals surface area contributed by atoms with E-state index in [1.807, 2.05) is 31.2 Å². The van der Waals surface area contributed by atoms with Crippen molar-refractivity contribution in [1.82, 2.24) is 9.88 Å². The van der Waals surface area contributed by atoms with Gasteiger partial charge in [-0.15, -0.1) is 0 Å². The van der Waals surface area contributed by atoms with Crippen molar-refractivity contribution in [1.29, 1.82) is 0 Å². The molecule has 0 saturated carbocycles. The van der Waals surface area contributed by atoms with Gasteiger partial charge in [0.05, 0.1) is 30.1 Å². The number of nitrogens with one attached hydrogen (secondary N) is 2. The topological polar surface area (TPSA) is 78.3 Å². The molecule has 2 aromatic heterocycles. The lowest BCUT2D eigenvalue weighted by Crippen LogP contribution is -2.35. The number of aryl methyl sites for hydroxylation is 1. The highest BCUT2D eigenvalue weighted by atomic mass is 35.5. The molecule has 0 aliphatic heterocycles. The van der Waals surface area contributed by atoms with Gasteiger partial charge in [-0.1, -0.05) is 35.4 Å². The van der Waals surface area contributed by atoms with Crippen molar-refractivity contribution in [3.63, 3.8) is 0 Å². The first kappa shape index (κ1) is 19.8. The number of H-pyrrole nitrogens is 1. The predicted molar refractivity (Wildman–Crippen MR) is 118 cm³/mol. The Morgan fingerprint density at radius 1 is 1.10 bits per heavy atom. The van der Waals surface area contributed by atoms with Crippen LogP contribution in [0.1, 0.15) is 16.9 Å². The first-order valence-electron chi connectivity index (χ1n) is 9.45. The highest BCUT2D eigenvalue weighted by molar-refractivity contribution is 6.33. The van der Waals surface area contributed by atoms with Gasteiger partial charge in [0.15, 0.2) is 0 Å². The molecule has 30 heavy (non-hydrogen) atoms. The monoisotopic (exact) mass is 421 g/mol. The summed E-state index contributed by atoms with van der Waals surface area (Å²) in [5.74, 6) is 0.609. The van der Waals surface area contributed by atoms with E-state index in [0.717, 1.165) is 16.5 Å². The van der Waals surface area contributed by atoms with Crippen molar-refractivity contribution in [2.24, 2.45) is 0 Å². The molecule has 0 spiro atoms. The minimum Gasteiger partial charge on any atom is -0.467 e. The normalized spacial score (nSPS) is 10.9. The van der Waals surface area contributed by atoms with E-state index in [2.05, 4.69) is 10.3 Å². The number of pyridine rings is 1. The fourth-order valence-corrected chi connectivity index (χ4v) is 3.42. The van der Waals surface area contributed by atoms with E-state index < -0.39 is 0 Å². The van der Waals surface area contributed by atoms with Crippen molar-refractivity contribution >= 4 is 34.2 Å². The number of urea groups is 1. The Morgan fingerprint density at radius 2 is 1.93 bits per heavy atom.